The van der Waals surface area contributed by atoms with Crippen molar-refractivity contribution in [3.8, 4) is 0 Å². The molecule has 0 saturated carbocycles. The topological polar surface area (TPSA) is 37.4 Å². The van der Waals surface area contributed by atoms with Gasteiger partial charge in [-0.05, 0) is 48.1 Å². The molecule has 3 rings (SSSR count). The van der Waals surface area contributed by atoms with Crippen molar-refractivity contribution in [2.75, 3.05) is 6.54 Å². The molecule has 142 valence electrons. The van der Waals surface area contributed by atoms with Crippen molar-refractivity contribution in [1.82, 2.24) is 4.90 Å². The summed E-state index contributed by atoms with van der Waals surface area (Å²) in [5, 5.41) is -0.201. The summed E-state index contributed by atoms with van der Waals surface area (Å²) in [5.74, 6) is -0.243. The van der Waals surface area contributed by atoms with E-state index in [9.17, 15) is 9.59 Å². The molecule has 0 spiro atoms. The molecule has 1 saturated heterocycles. The maximum absolute atomic E-state index is 13.1. The summed E-state index contributed by atoms with van der Waals surface area (Å²) in [7, 11) is 0. The lowest BCUT2D eigenvalue weighted by Gasteiger charge is -2.23. The van der Waals surface area contributed by atoms with E-state index in [4.69, 9.17) is 0 Å². The molecule has 1 atom stereocenters. The fraction of sp³-hybridized carbons (Fsp3) is 0.391. The standard InChI is InChI=1S/C23H27NO2S/c1-23(2,3)18-14-12-17(13-15-18)21(25)24-16-8-7-11-20(22(24)26)27-19-9-5-4-6-10-19/h4-6,9-10,12-15,20H,7-8,11,16H2,1-3H3. The smallest absolute Gasteiger partial charge is 0.260 e. The van der Waals surface area contributed by atoms with Crippen LogP contribution in [0.2, 0.25) is 0 Å². The lowest BCUT2D eigenvalue weighted by molar-refractivity contribution is -0.127. The van der Waals surface area contributed by atoms with Gasteiger partial charge in [-0.3, -0.25) is 14.5 Å². The van der Waals surface area contributed by atoms with E-state index >= 15 is 0 Å². The van der Waals surface area contributed by atoms with Crippen molar-refractivity contribution in [2.24, 2.45) is 0 Å². The number of thioether (sulfide) groups is 1. The highest BCUT2D eigenvalue weighted by atomic mass is 32.2. The molecule has 2 aromatic rings. The van der Waals surface area contributed by atoms with E-state index in [1.54, 1.807) is 11.8 Å². The molecule has 2 aromatic carbocycles. The van der Waals surface area contributed by atoms with Crippen molar-refractivity contribution in [2.45, 2.75) is 55.6 Å². The van der Waals surface area contributed by atoms with Crippen LogP contribution in [0.25, 0.3) is 0 Å². The van der Waals surface area contributed by atoms with E-state index in [2.05, 4.69) is 20.8 Å². The van der Waals surface area contributed by atoms with Crippen molar-refractivity contribution in [1.29, 1.82) is 0 Å². The Bertz CT molecular complexity index is 793. The molecular weight excluding hydrogens is 354 g/mol. The maximum Gasteiger partial charge on any atom is 0.260 e. The first-order valence-corrected chi connectivity index (χ1v) is 10.4. The third-order valence-corrected chi connectivity index (χ3v) is 6.17. The average Bonchev–Trinajstić information content (AvgIpc) is 2.83. The lowest BCUT2D eigenvalue weighted by Crippen LogP contribution is -2.41. The summed E-state index contributed by atoms with van der Waals surface area (Å²) in [5.41, 5.74) is 1.80. The number of imide groups is 1. The van der Waals surface area contributed by atoms with Crippen molar-refractivity contribution < 1.29 is 9.59 Å². The molecule has 1 unspecified atom stereocenters. The Morgan fingerprint density at radius 2 is 1.67 bits per heavy atom. The van der Waals surface area contributed by atoms with Gasteiger partial charge in [-0.2, -0.15) is 0 Å². The quantitative estimate of drug-likeness (QED) is 0.677. The Labute approximate surface area is 166 Å². The zero-order valence-electron chi connectivity index (χ0n) is 16.3. The SMILES string of the molecule is CC(C)(C)c1ccc(C(=O)N2CCCCC(Sc3ccccc3)C2=O)cc1. The molecule has 1 aliphatic rings. The van der Waals surface area contributed by atoms with Crippen LogP contribution in [-0.4, -0.2) is 28.5 Å². The molecular formula is C23H27NO2S. The number of nitrogens with zero attached hydrogens (tertiary/aromatic N) is 1. The largest absolute Gasteiger partial charge is 0.278 e. The third kappa shape index (κ3) is 4.81. The molecule has 2 amide bonds. The summed E-state index contributed by atoms with van der Waals surface area (Å²) in [6, 6.07) is 17.6. The van der Waals surface area contributed by atoms with Crippen LogP contribution in [0.1, 0.15) is 56.0 Å². The number of likely N-dealkylation sites (tertiary alicyclic amines) is 1. The van der Waals surface area contributed by atoms with Gasteiger partial charge in [0.15, 0.2) is 0 Å². The molecule has 0 aliphatic carbocycles. The lowest BCUT2D eigenvalue weighted by atomic mass is 9.86. The van der Waals surface area contributed by atoms with Crippen LogP contribution in [0.5, 0.6) is 0 Å². The Balaban J connectivity index is 1.77. The molecule has 1 fully saturated rings. The second kappa shape index (κ2) is 8.30. The molecule has 1 heterocycles. The number of benzene rings is 2. The normalized spacial score (nSPS) is 18.3. The van der Waals surface area contributed by atoms with Crippen LogP contribution in [0, 0.1) is 0 Å². The molecule has 0 bridgehead atoms. The predicted octanol–water partition coefficient (Wildman–Crippen LogP) is 5.30. The summed E-state index contributed by atoms with van der Waals surface area (Å²) < 4.78 is 0. The Hall–Kier alpha value is -2.07. The second-order valence-electron chi connectivity index (χ2n) is 8.04. The highest BCUT2D eigenvalue weighted by molar-refractivity contribution is 8.00. The highest BCUT2D eigenvalue weighted by Gasteiger charge is 2.32. The van der Waals surface area contributed by atoms with Crippen LogP contribution in [-0.2, 0) is 10.2 Å². The van der Waals surface area contributed by atoms with Crippen molar-refractivity contribution in [3.63, 3.8) is 0 Å². The number of carbonyl (C=O) groups is 2. The molecule has 4 heteroatoms. The van der Waals surface area contributed by atoms with Crippen LogP contribution < -0.4 is 0 Å². The minimum atomic E-state index is -0.201. The zero-order chi connectivity index (χ0) is 19.4. The second-order valence-corrected chi connectivity index (χ2v) is 9.31. The van der Waals surface area contributed by atoms with Gasteiger partial charge in [-0.1, -0.05) is 57.5 Å². The first-order chi connectivity index (χ1) is 12.9. The molecule has 0 N–H and O–H groups in total. The summed E-state index contributed by atoms with van der Waals surface area (Å²) >= 11 is 1.56. The zero-order valence-corrected chi connectivity index (χ0v) is 17.1. The first kappa shape index (κ1) is 19.7. The van der Waals surface area contributed by atoms with Gasteiger partial charge in [0, 0.05) is 17.0 Å². The van der Waals surface area contributed by atoms with Gasteiger partial charge in [0.05, 0.1) is 5.25 Å². The number of rotatable bonds is 3. The molecule has 27 heavy (non-hydrogen) atoms. The predicted molar refractivity (Wildman–Crippen MR) is 111 cm³/mol. The van der Waals surface area contributed by atoms with Crippen LogP contribution in [0.4, 0.5) is 0 Å². The van der Waals surface area contributed by atoms with Gasteiger partial charge in [-0.15, -0.1) is 11.8 Å². The minimum Gasteiger partial charge on any atom is -0.278 e. The Morgan fingerprint density at radius 3 is 2.30 bits per heavy atom. The summed E-state index contributed by atoms with van der Waals surface area (Å²) in [6.07, 6.45) is 2.64. The van der Waals surface area contributed by atoms with Crippen LogP contribution in [0.15, 0.2) is 59.5 Å². The highest BCUT2D eigenvalue weighted by Crippen LogP contribution is 2.30. The maximum atomic E-state index is 13.1. The van der Waals surface area contributed by atoms with Crippen LogP contribution >= 0.6 is 11.8 Å². The van der Waals surface area contributed by atoms with Gasteiger partial charge in [0.2, 0.25) is 5.91 Å². The Kier molecular flexibility index (Phi) is 6.05. The summed E-state index contributed by atoms with van der Waals surface area (Å²) in [4.78, 5) is 28.6. The third-order valence-electron chi connectivity index (χ3n) is 4.90. The number of hydrogen-bond donors (Lipinski definition) is 0. The molecule has 0 aromatic heterocycles. The van der Waals surface area contributed by atoms with Gasteiger partial charge in [-0.25, -0.2) is 0 Å². The molecule has 0 radical (unpaired) electrons. The van der Waals surface area contributed by atoms with E-state index in [0.29, 0.717) is 12.1 Å². The summed E-state index contributed by atoms with van der Waals surface area (Å²) in [6.45, 7) is 6.94. The van der Waals surface area contributed by atoms with Crippen molar-refractivity contribution in [3.05, 3.63) is 65.7 Å². The van der Waals surface area contributed by atoms with Gasteiger partial charge in [0.25, 0.3) is 5.91 Å². The van der Waals surface area contributed by atoms with Gasteiger partial charge >= 0.3 is 0 Å². The number of carbonyl (C=O) groups excluding carboxylic acids is 2. The molecule has 3 nitrogen and oxygen atoms in total. The number of hydrogen-bond acceptors (Lipinski definition) is 3. The average molecular weight is 382 g/mol. The van der Waals surface area contributed by atoms with E-state index in [1.165, 1.54) is 10.5 Å². The fourth-order valence-corrected chi connectivity index (χ4v) is 4.41. The fourth-order valence-electron chi connectivity index (χ4n) is 3.25. The van der Waals surface area contributed by atoms with Gasteiger partial charge in [0.1, 0.15) is 0 Å². The van der Waals surface area contributed by atoms with E-state index in [0.717, 1.165) is 24.2 Å². The van der Waals surface area contributed by atoms with Gasteiger partial charge < -0.3 is 0 Å². The van der Waals surface area contributed by atoms with E-state index in [1.807, 2.05) is 54.6 Å². The first-order valence-electron chi connectivity index (χ1n) is 9.54. The van der Waals surface area contributed by atoms with E-state index < -0.39 is 0 Å². The van der Waals surface area contributed by atoms with Crippen molar-refractivity contribution >= 4 is 23.6 Å². The minimum absolute atomic E-state index is 0.0391. The monoisotopic (exact) mass is 381 g/mol. The number of amides is 2. The molecule has 1 aliphatic heterocycles. The van der Waals surface area contributed by atoms with E-state index in [-0.39, 0.29) is 22.5 Å². The Morgan fingerprint density at radius 1 is 1.00 bits per heavy atom. The van der Waals surface area contributed by atoms with Crippen LogP contribution in [0.3, 0.4) is 0 Å².